The molecule has 4 aliphatic rings. The summed E-state index contributed by atoms with van der Waals surface area (Å²) in [5.41, 5.74) is 2.52. The average Bonchev–Trinajstić information content (AvgIpc) is 3.60. The Morgan fingerprint density at radius 3 is 2.37 bits per heavy atom. The molecule has 2 aromatic heterocycles. The molecule has 0 amide bonds. The molecule has 11 nitrogen and oxygen atoms in total. The van der Waals surface area contributed by atoms with Crippen molar-refractivity contribution in [3.05, 3.63) is 66.1 Å². The number of fused-ring (bicyclic) bond motifs is 1. The number of carbonyl (C=O) groups excluding carboxylic acids is 1. The lowest BCUT2D eigenvalue weighted by molar-refractivity contribution is -0.106. The fourth-order valence-electron chi connectivity index (χ4n) is 7.31. The van der Waals surface area contributed by atoms with Crippen molar-refractivity contribution in [2.75, 3.05) is 64.3 Å². The molecule has 1 unspecified atom stereocenters. The number of pyridine rings is 1. The van der Waals surface area contributed by atoms with Crippen molar-refractivity contribution < 1.29 is 23.8 Å². The zero-order valence-corrected chi connectivity index (χ0v) is 31.0. The number of aldehydes is 1. The molecular formula is C39H56FN7O4. The number of anilines is 1. The van der Waals surface area contributed by atoms with Crippen LogP contribution in [0.15, 0.2) is 49.1 Å². The molecule has 12 heteroatoms. The Kier molecular flexibility index (Phi) is 13.7. The Morgan fingerprint density at radius 2 is 1.73 bits per heavy atom. The first-order chi connectivity index (χ1) is 24.6. The third-order valence-corrected chi connectivity index (χ3v) is 10.3. The Labute approximate surface area is 302 Å². The maximum Gasteiger partial charge on any atom is 0.188 e. The van der Waals surface area contributed by atoms with E-state index in [1.54, 1.807) is 18.3 Å². The standard InChI is InChI=1S/C31H37FN6O3.C6H15N.C2H4O/c32-22-3-5-24(6-4-22)40-29-15-33-21-35-30(29)38-19-31(20-38)13-25(14-31)41-28-7-9-34-27-8-12-37(18-26(27)28)17-23(39)16-36-10-1-2-11-36;1-5-7(4)6(2)3;1-2-3/h3-7,9,15,21,23,25,39H,1-2,8,10-14,16-20H2;6H,5H2,1-4H3;2H,1H3. The number of nitrogens with zero attached hydrogens (tertiary/aromatic N) is 7. The van der Waals surface area contributed by atoms with Gasteiger partial charge >= 0.3 is 0 Å². The van der Waals surface area contributed by atoms with Crippen molar-refractivity contribution in [1.29, 1.82) is 0 Å². The van der Waals surface area contributed by atoms with Crippen molar-refractivity contribution in [2.45, 2.75) is 84.6 Å². The predicted octanol–water partition coefficient (Wildman–Crippen LogP) is 5.22. The van der Waals surface area contributed by atoms with E-state index in [1.807, 2.05) is 12.3 Å². The number of ether oxygens (including phenoxy) is 2. The first-order valence-corrected chi connectivity index (χ1v) is 18.5. The number of hydrogen-bond acceptors (Lipinski definition) is 11. The van der Waals surface area contributed by atoms with Crippen LogP contribution in [0, 0.1) is 11.2 Å². The van der Waals surface area contributed by atoms with Gasteiger partial charge in [0.25, 0.3) is 0 Å². The summed E-state index contributed by atoms with van der Waals surface area (Å²) in [7, 11) is 2.13. The minimum absolute atomic E-state index is 0.181. The summed E-state index contributed by atoms with van der Waals surface area (Å²) in [6.45, 7) is 16.3. The van der Waals surface area contributed by atoms with Crippen LogP contribution in [0.4, 0.5) is 10.2 Å². The number of rotatable bonds is 11. The monoisotopic (exact) mass is 705 g/mol. The molecule has 1 saturated carbocycles. The summed E-state index contributed by atoms with van der Waals surface area (Å²) in [5, 5.41) is 10.7. The van der Waals surface area contributed by atoms with E-state index in [0.717, 1.165) is 95.2 Å². The summed E-state index contributed by atoms with van der Waals surface area (Å²) in [5.74, 6) is 2.52. The van der Waals surface area contributed by atoms with E-state index >= 15 is 0 Å². The summed E-state index contributed by atoms with van der Waals surface area (Å²) in [6, 6.07) is 8.66. The van der Waals surface area contributed by atoms with Gasteiger partial charge in [-0.05, 0) is 103 Å². The fourth-order valence-corrected chi connectivity index (χ4v) is 7.31. The normalized spacial score (nSPS) is 18.9. The van der Waals surface area contributed by atoms with Crippen LogP contribution in [-0.2, 0) is 17.8 Å². The summed E-state index contributed by atoms with van der Waals surface area (Å²) in [6.07, 6.45) is 11.0. The highest BCUT2D eigenvalue weighted by atomic mass is 19.1. The molecule has 5 heterocycles. The second kappa shape index (κ2) is 18.2. The van der Waals surface area contributed by atoms with E-state index in [9.17, 15) is 9.50 Å². The number of aromatic nitrogens is 3. The van der Waals surface area contributed by atoms with Crippen LogP contribution in [0.2, 0.25) is 0 Å². The van der Waals surface area contributed by atoms with Crippen LogP contribution in [-0.4, -0.2) is 119 Å². The van der Waals surface area contributed by atoms with Gasteiger partial charge in [-0.2, -0.15) is 0 Å². The number of β-amino-alcohol motifs (C(OH)–C–C–N with tert-alkyl or cyclic N) is 1. The van der Waals surface area contributed by atoms with Crippen LogP contribution in [0.25, 0.3) is 0 Å². The second-order valence-corrected chi connectivity index (χ2v) is 14.6. The SMILES string of the molecule is CC=O.CCN(C)C(C)C.OC(CN1CCCC1)CN1CCc2nccc(OC3CC4(C3)CN(c3ncncc3Oc3ccc(F)cc3)C4)c2C1. The van der Waals surface area contributed by atoms with E-state index in [1.165, 1.54) is 43.8 Å². The molecule has 3 fully saturated rings. The third kappa shape index (κ3) is 10.4. The molecule has 3 aliphatic heterocycles. The number of hydrogen-bond donors (Lipinski definition) is 1. The molecule has 1 spiro atoms. The lowest BCUT2D eigenvalue weighted by Gasteiger charge is -2.59. The minimum atomic E-state index is -0.333. The number of aliphatic hydroxyl groups excluding tert-OH is 1. The molecule has 2 saturated heterocycles. The molecule has 1 atom stereocenters. The zero-order valence-electron chi connectivity index (χ0n) is 31.0. The van der Waals surface area contributed by atoms with Crippen molar-refractivity contribution in [3.8, 4) is 17.2 Å². The Morgan fingerprint density at radius 1 is 1.04 bits per heavy atom. The van der Waals surface area contributed by atoms with Crippen molar-refractivity contribution in [2.24, 2.45) is 5.41 Å². The van der Waals surface area contributed by atoms with Crippen LogP contribution in [0.3, 0.4) is 0 Å². The van der Waals surface area contributed by atoms with E-state index in [2.05, 4.69) is 62.4 Å². The van der Waals surface area contributed by atoms with E-state index in [4.69, 9.17) is 14.3 Å². The molecule has 3 aromatic rings. The first kappa shape index (κ1) is 38.5. The molecule has 0 radical (unpaired) electrons. The maximum atomic E-state index is 13.3. The Balaban J connectivity index is 0.000000447. The van der Waals surface area contributed by atoms with Gasteiger partial charge in [0.2, 0.25) is 0 Å². The minimum Gasteiger partial charge on any atom is -0.490 e. The predicted molar refractivity (Wildman–Crippen MR) is 197 cm³/mol. The van der Waals surface area contributed by atoms with Crippen molar-refractivity contribution in [3.63, 3.8) is 0 Å². The Bertz CT molecular complexity index is 1520. The second-order valence-electron chi connectivity index (χ2n) is 14.6. The number of carbonyl (C=O) groups is 1. The highest BCUT2D eigenvalue weighted by Crippen LogP contribution is 2.52. The number of benzene rings is 1. The van der Waals surface area contributed by atoms with Gasteiger partial charge in [0.15, 0.2) is 11.6 Å². The van der Waals surface area contributed by atoms with Gasteiger partial charge in [0.1, 0.15) is 36.0 Å². The van der Waals surface area contributed by atoms with Crippen LogP contribution >= 0.6 is 0 Å². The lowest BCUT2D eigenvalue weighted by atomic mass is 9.61. The third-order valence-electron chi connectivity index (χ3n) is 10.3. The van der Waals surface area contributed by atoms with E-state index in [0.29, 0.717) is 24.1 Å². The van der Waals surface area contributed by atoms with Gasteiger partial charge < -0.3 is 34.1 Å². The molecule has 1 aliphatic carbocycles. The van der Waals surface area contributed by atoms with Crippen LogP contribution in [0.1, 0.15) is 64.6 Å². The van der Waals surface area contributed by atoms with Gasteiger partial charge in [-0.3, -0.25) is 9.88 Å². The van der Waals surface area contributed by atoms with Crippen molar-refractivity contribution >= 4 is 12.1 Å². The average molecular weight is 706 g/mol. The zero-order chi connectivity index (χ0) is 36.4. The summed E-state index contributed by atoms with van der Waals surface area (Å²) < 4.78 is 25.8. The topological polar surface area (TPSA) is 107 Å². The maximum absolute atomic E-state index is 13.3. The van der Waals surface area contributed by atoms with Crippen LogP contribution < -0.4 is 14.4 Å². The van der Waals surface area contributed by atoms with E-state index < -0.39 is 0 Å². The molecule has 1 aromatic carbocycles. The molecule has 0 bridgehead atoms. The Hall–Kier alpha value is -3.71. The molecular weight excluding hydrogens is 649 g/mol. The van der Waals surface area contributed by atoms with Gasteiger partial charge in [-0.25, -0.2) is 14.4 Å². The van der Waals surface area contributed by atoms with E-state index in [-0.39, 0.29) is 23.4 Å². The number of halogens is 1. The molecule has 51 heavy (non-hydrogen) atoms. The lowest BCUT2D eigenvalue weighted by Crippen LogP contribution is -2.65. The van der Waals surface area contributed by atoms with Gasteiger partial charge in [-0.15, -0.1) is 0 Å². The van der Waals surface area contributed by atoms with Crippen LogP contribution in [0.5, 0.6) is 17.2 Å². The highest BCUT2D eigenvalue weighted by molar-refractivity contribution is 5.55. The molecule has 1 N–H and O–H groups in total. The quantitative estimate of drug-likeness (QED) is 0.266. The van der Waals surface area contributed by atoms with Gasteiger partial charge in [-0.1, -0.05) is 6.92 Å². The summed E-state index contributed by atoms with van der Waals surface area (Å²) in [4.78, 5) is 31.3. The van der Waals surface area contributed by atoms with Gasteiger partial charge in [0, 0.05) is 74.6 Å². The van der Waals surface area contributed by atoms with Gasteiger partial charge in [0.05, 0.1) is 12.3 Å². The number of likely N-dealkylation sites (tertiary alicyclic amines) is 1. The largest absolute Gasteiger partial charge is 0.490 e. The number of aliphatic hydroxyl groups is 1. The summed E-state index contributed by atoms with van der Waals surface area (Å²) >= 11 is 0. The highest BCUT2D eigenvalue weighted by Gasteiger charge is 2.54. The molecule has 7 rings (SSSR count). The fraction of sp³-hybridized carbons (Fsp3) is 0.590. The smallest absolute Gasteiger partial charge is 0.188 e. The van der Waals surface area contributed by atoms with Crippen molar-refractivity contribution in [1.82, 2.24) is 29.7 Å². The molecule has 278 valence electrons. The first-order valence-electron chi connectivity index (χ1n) is 18.5.